The van der Waals surface area contributed by atoms with E-state index in [1.807, 2.05) is 0 Å². The first-order valence-corrected chi connectivity index (χ1v) is 7.84. The van der Waals surface area contributed by atoms with Crippen molar-refractivity contribution in [3.05, 3.63) is 83.4 Å². The van der Waals surface area contributed by atoms with Crippen molar-refractivity contribution < 1.29 is 0 Å². The van der Waals surface area contributed by atoms with Gasteiger partial charge in [-0.15, -0.1) is 0 Å². The summed E-state index contributed by atoms with van der Waals surface area (Å²) in [5, 5.41) is 5.41. The van der Waals surface area contributed by atoms with Crippen LogP contribution in [0.5, 0.6) is 0 Å². The first-order valence-electron chi connectivity index (χ1n) is 7.84. The summed E-state index contributed by atoms with van der Waals surface area (Å²) in [6, 6.07) is 24.6. The van der Waals surface area contributed by atoms with E-state index in [1.165, 1.54) is 49.4 Å². The first-order chi connectivity index (χ1) is 10.8. The first kappa shape index (κ1) is 12.0. The van der Waals surface area contributed by atoms with Gasteiger partial charge < -0.3 is 0 Å². The highest BCUT2D eigenvalue weighted by molar-refractivity contribution is 6.03. The van der Waals surface area contributed by atoms with Crippen molar-refractivity contribution in [3.8, 4) is 11.1 Å². The summed E-state index contributed by atoms with van der Waals surface area (Å²) < 4.78 is 0. The second kappa shape index (κ2) is 4.20. The Morgan fingerprint density at radius 1 is 0.636 bits per heavy atom. The van der Waals surface area contributed by atoms with Crippen LogP contribution < -0.4 is 0 Å². The number of aryl methyl sites for hydroxylation is 1. The largest absolute Gasteiger partial charge is 0.0616 e. The second-order valence-corrected chi connectivity index (χ2v) is 6.29. The second-order valence-electron chi connectivity index (χ2n) is 6.29. The molecular weight excluding hydrogens is 264 g/mol. The summed E-state index contributed by atoms with van der Waals surface area (Å²) in [5.41, 5.74) is 7.24. The lowest BCUT2D eigenvalue weighted by Gasteiger charge is -2.08. The summed E-state index contributed by atoms with van der Waals surface area (Å²) >= 11 is 0. The molecule has 0 unspecified atom stereocenters. The van der Waals surface area contributed by atoms with Crippen LogP contribution >= 0.6 is 0 Å². The Morgan fingerprint density at radius 3 is 2.27 bits per heavy atom. The van der Waals surface area contributed by atoms with Crippen LogP contribution in [0.15, 0.2) is 66.7 Å². The predicted molar refractivity (Wildman–Crippen MR) is 94.4 cm³/mol. The molecule has 0 radical (unpaired) electrons. The molecule has 4 aromatic carbocycles. The zero-order valence-corrected chi connectivity index (χ0v) is 12.6. The zero-order chi connectivity index (χ0) is 14.7. The van der Waals surface area contributed by atoms with Gasteiger partial charge in [-0.1, -0.05) is 54.6 Å². The third-order valence-corrected chi connectivity index (χ3v) is 5.05. The number of fused-ring (bicyclic) bond motifs is 6. The van der Waals surface area contributed by atoms with Crippen LogP contribution in [0.25, 0.3) is 32.7 Å². The third kappa shape index (κ3) is 1.52. The van der Waals surface area contributed by atoms with E-state index in [1.54, 1.807) is 0 Å². The van der Waals surface area contributed by atoms with Crippen molar-refractivity contribution in [2.45, 2.75) is 13.3 Å². The number of benzene rings is 4. The fourth-order valence-electron chi connectivity index (χ4n) is 3.88. The summed E-state index contributed by atoms with van der Waals surface area (Å²) in [7, 11) is 0. The lowest BCUT2D eigenvalue weighted by atomic mass is 9.96. The Morgan fingerprint density at radius 2 is 1.41 bits per heavy atom. The van der Waals surface area contributed by atoms with Crippen LogP contribution in [0.1, 0.15) is 16.7 Å². The molecule has 0 aromatic heterocycles. The smallest absolute Gasteiger partial charge is 0.000465 e. The predicted octanol–water partition coefficient (Wildman–Crippen LogP) is 5.87. The molecule has 0 fully saturated rings. The zero-order valence-electron chi connectivity index (χ0n) is 12.6. The molecule has 5 rings (SSSR count). The fourth-order valence-corrected chi connectivity index (χ4v) is 3.88. The van der Waals surface area contributed by atoms with Crippen molar-refractivity contribution >= 4 is 21.5 Å². The highest BCUT2D eigenvalue weighted by Crippen LogP contribution is 2.42. The van der Waals surface area contributed by atoms with E-state index >= 15 is 0 Å². The molecular formula is C22H16. The number of hydrogen-bond donors (Lipinski definition) is 0. The number of rotatable bonds is 0. The van der Waals surface area contributed by atoms with Crippen LogP contribution in [0, 0.1) is 6.92 Å². The van der Waals surface area contributed by atoms with E-state index in [0.29, 0.717) is 0 Å². The van der Waals surface area contributed by atoms with Gasteiger partial charge in [-0.25, -0.2) is 0 Å². The average Bonchev–Trinajstić information content (AvgIpc) is 2.94. The summed E-state index contributed by atoms with van der Waals surface area (Å²) in [6.45, 7) is 2.22. The van der Waals surface area contributed by atoms with Gasteiger partial charge in [-0.2, -0.15) is 0 Å². The Hall–Kier alpha value is -2.60. The van der Waals surface area contributed by atoms with Crippen LogP contribution in [-0.2, 0) is 6.42 Å². The molecule has 0 saturated heterocycles. The molecule has 0 amide bonds. The molecule has 0 spiro atoms. The van der Waals surface area contributed by atoms with Gasteiger partial charge in [0.25, 0.3) is 0 Å². The van der Waals surface area contributed by atoms with E-state index in [0.717, 1.165) is 6.42 Å². The van der Waals surface area contributed by atoms with Crippen molar-refractivity contribution in [1.29, 1.82) is 0 Å². The van der Waals surface area contributed by atoms with E-state index < -0.39 is 0 Å². The molecule has 4 aromatic rings. The SMILES string of the molecule is Cc1cccc2c1Cc1c-2ccc2cc3ccccc3cc12. The van der Waals surface area contributed by atoms with Gasteiger partial charge in [0.15, 0.2) is 0 Å². The molecule has 0 saturated carbocycles. The molecule has 0 bridgehead atoms. The standard InChI is InChI=1S/C22H16/c1-14-5-4-8-18-19-10-9-17-11-15-6-2-3-7-16(15)12-21(17)22(19)13-20(14)18/h2-12H,13H2,1H3. The van der Waals surface area contributed by atoms with E-state index in [-0.39, 0.29) is 0 Å². The van der Waals surface area contributed by atoms with Gasteiger partial charge in [0.1, 0.15) is 0 Å². The minimum atomic E-state index is 1.06. The summed E-state index contributed by atoms with van der Waals surface area (Å²) in [5.74, 6) is 0. The molecule has 22 heavy (non-hydrogen) atoms. The maximum atomic E-state index is 2.37. The van der Waals surface area contributed by atoms with Crippen molar-refractivity contribution in [1.82, 2.24) is 0 Å². The highest BCUT2D eigenvalue weighted by atomic mass is 14.2. The molecule has 0 aliphatic heterocycles. The van der Waals surface area contributed by atoms with Gasteiger partial charge in [0.05, 0.1) is 0 Å². The maximum absolute atomic E-state index is 2.37. The highest BCUT2D eigenvalue weighted by Gasteiger charge is 2.21. The normalized spacial score (nSPS) is 12.6. The van der Waals surface area contributed by atoms with E-state index in [2.05, 4.69) is 73.7 Å². The monoisotopic (exact) mass is 280 g/mol. The number of hydrogen-bond acceptors (Lipinski definition) is 0. The lowest BCUT2D eigenvalue weighted by molar-refractivity contribution is 1.23. The van der Waals surface area contributed by atoms with Gasteiger partial charge in [-0.05, 0) is 74.8 Å². The van der Waals surface area contributed by atoms with Gasteiger partial charge in [-0.3, -0.25) is 0 Å². The Balaban J connectivity index is 1.88. The molecule has 0 nitrogen and oxygen atoms in total. The minimum Gasteiger partial charge on any atom is -0.0616 e. The van der Waals surface area contributed by atoms with E-state index in [4.69, 9.17) is 0 Å². The third-order valence-electron chi connectivity index (χ3n) is 5.05. The average molecular weight is 280 g/mol. The van der Waals surface area contributed by atoms with Crippen LogP contribution in [0.4, 0.5) is 0 Å². The van der Waals surface area contributed by atoms with Gasteiger partial charge in [0.2, 0.25) is 0 Å². The van der Waals surface area contributed by atoms with Crippen LogP contribution in [0.3, 0.4) is 0 Å². The topological polar surface area (TPSA) is 0 Å². The molecule has 0 heteroatoms. The summed E-state index contributed by atoms with van der Waals surface area (Å²) in [6.07, 6.45) is 1.06. The molecule has 1 aliphatic rings. The van der Waals surface area contributed by atoms with Crippen LogP contribution in [-0.4, -0.2) is 0 Å². The van der Waals surface area contributed by atoms with Crippen LogP contribution in [0.2, 0.25) is 0 Å². The maximum Gasteiger partial charge on any atom is -0.000465 e. The molecule has 0 N–H and O–H groups in total. The fraction of sp³-hybridized carbons (Fsp3) is 0.0909. The van der Waals surface area contributed by atoms with Crippen molar-refractivity contribution in [2.24, 2.45) is 0 Å². The Labute approximate surface area is 130 Å². The van der Waals surface area contributed by atoms with Crippen molar-refractivity contribution in [2.75, 3.05) is 0 Å². The van der Waals surface area contributed by atoms with Crippen molar-refractivity contribution in [3.63, 3.8) is 0 Å². The lowest BCUT2D eigenvalue weighted by Crippen LogP contribution is -1.86. The minimum absolute atomic E-state index is 1.06. The van der Waals surface area contributed by atoms with Gasteiger partial charge in [0, 0.05) is 0 Å². The Bertz CT molecular complexity index is 1050. The molecule has 0 heterocycles. The quantitative estimate of drug-likeness (QED) is 0.311. The van der Waals surface area contributed by atoms with E-state index in [9.17, 15) is 0 Å². The molecule has 1 aliphatic carbocycles. The Kier molecular flexibility index (Phi) is 2.29. The summed E-state index contributed by atoms with van der Waals surface area (Å²) in [4.78, 5) is 0. The molecule has 104 valence electrons. The van der Waals surface area contributed by atoms with Gasteiger partial charge >= 0.3 is 0 Å². The molecule has 0 atom stereocenters.